The van der Waals surface area contributed by atoms with Crippen molar-refractivity contribution in [1.82, 2.24) is 0 Å². The van der Waals surface area contributed by atoms with Gasteiger partial charge in [-0.2, -0.15) is 0 Å². The van der Waals surface area contributed by atoms with Crippen LogP contribution >= 0.6 is 0 Å². The highest BCUT2D eigenvalue weighted by atomic mass is 16.3. The minimum absolute atomic E-state index is 0.147. The molecule has 0 atom stereocenters. The average Bonchev–Trinajstić information content (AvgIpc) is 2.69. The Kier molecular flexibility index (Phi) is 4.90. The molecule has 2 nitrogen and oxygen atoms in total. The zero-order valence-electron chi connectivity index (χ0n) is 9.34. The van der Waals surface area contributed by atoms with Crippen LogP contribution in [0.1, 0.15) is 51.9 Å². The van der Waals surface area contributed by atoms with E-state index in [2.05, 4.69) is 6.92 Å². The summed E-state index contributed by atoms with van der Waals surface area (Å²) in [6.45, 7) is 2.41. The maximum Gasteiger partial charge on any atom is 0.0509 e. The molecule has 0 heterocycles. The fourth-order valence-electron chi connectivity index (χ4n) is 2.80. The van der Waals surface area contributed by atoms with E-state index < -0.39 is 0 Å². The molecule has 0 bridgehead atoms. The van der Waals surface area contributed by atoms with E-state index in [0.29, 0.717) is 0 Å². The Hall–Kier alpha value is -0.0800. The summed E-state index contributed by atoms with van der Waals surface area (Å²) in [5, 5.41) is 18.8. The first-order chi connectivity index (χ1) is 6.76. The number of hydrogen-bond donors (Lipinski definition) is 2. The van der Waals surface area contributed by atoms with Crippen molar-refractivity contribution in [1.29, 1.82) is 0 Å². The van der Waals surface area contributed by atoms with Gasteiger partial charge in [-0.1, -0.05) is 39.0 Å². The summed E-state index contributed by atoms with van der Waals surface area (Å²) in [4.78, 5) is 0. The molecular formula is C12H24O2. The molecule has 1 rings (SSSR count). The van der Waals surface area contributed by atoms with Crippen molar-refractivity contribution < 1.29 is 10.2 Å². The van der Waals surface area contributed by atoms with E-state index in [9.17, 15) is 10.2 Å². The summed E-state index contributed by atoms with van der Waals surface area (Å²) in [7, 11) is 0. The van der Waals surface area contributed by atoms with Crippen molar-refractivity contribution in [3.8, 4) is 0 Å². The summed E-state index contributed by atoms with van der Waals surface area (Å²) in [6.07, 6.45) is 8.29. The Morgan fingerprint density at radius 1 is 1.14 bits per heavy atom. The van der Waals surface area contributed by atoms with Gasteiger partial charge < -0.3 is 10.2 Å². The summed E-state index contributed by atoms with van der Waals surface area (Å²) in [6, 6.07) is 0. The molecule has 84 valence electrons. The molecule has 0 amide bonds. The first-order valence-corrected chi connectivity index (χ1v) is 5.98. The maximum atomic E-state index is 9.41. The summed E-state index contributed by atoms with van der Waals surface area (Å²) in [5.41, 5.74) is -0.191. The van der Waals surface area contributed by atoms with Crippen LogP contribution in [-0.4, -0.2) is 23.4 Å². The third kappa shape index (κ3) is 2.96. The van der Waals surface area contributed by atoms with Gasteiger partial charge in [-0.25, -0.2) is 0 Å². The van der Waals surface area contributed by atoms with Crippen LogP contribution in [0.25, 0.3) is 0 Å². The van der Waals surface area contributed by atoms with E-state index in [0.717, 1.165) is 25.2 Å². The second kappa shape index (κ2) is 5.72. The highest BCUT2D eigenvalue weighted by Gasteiger charge is 2.32. The van der Waals surface area contributed by atoms with Gasteiger partial charge in [-0.05, 0) is 18.8 Å². The highest BCUT2D eigenvalue weighted by Crippen LogP contribution is 2.38. The smallest absolute Gasteiger partial charge is 0.0509 e. The lowest BCUT2D eigenvalue weighted by molar-refractivity contribution is 0.0258. The van der Waals surface area contributed by atoms with E-state index in [4.69, 9.17) is 0 Å². The molecule has 2 heteroatoms. The maximum absolute atomic E-state index is 9.41. The van der Waals surface area contributed by atoms with Crippen LogP contribution in [0, 0.1) is 11.3 Å². The van der Waals surface area contributed by atoms with Crippen molar-refractivity contribution in [3.05, 3.63) is 0 Å². The molecule has 0 unspecified atom stereocenters. The Balaban J connectivity index is 2.47. The normalized spacial score (nSPS) is 19.1. The van der Waals surface area contributed by atoms with E-state index in [1.54, 1.807) is 0 Å². The lowest BCUT2D eigenvalue weighted by atomic mass is 9.76. The van der Waals surface area contributed by atoms with Crippen molar-refractivity contribution in [2.24, 2.45) is 11.3 Å². The molecule has 0 aromatic heterocycles. The van der Waals surface area contributed by atoms with Crippen LogP contribution in [0.4, 0.5) is 0 Å². The Morgan fingerprint density at radius 2 is 1.71 bits per heavy atom. The second-order valence-electron chi connectivity index (χ2n) is 4.92. The Bertz CT molecular complexity index is 146. The van der Waals surface area contributed by atoms with Gasteiger partial charge in [0, 0.05) is 5.41 Å². The zero-order chi connectivity index (χ0) is 10.4. The third-order valence-electron chi connectivity index (χ3n) is 3.65. The van der Waals surface area contributed by atoms with Gasteiger partial charge in [0.2, 0.25) is 0 Å². The lowest BCUT2D eigenvalue weighted by Gasteiger charge is -2.32. The van der Waals surface area contributed by atoms with Gasteiger partial charge >= 0.3 is 0 Å². The molecule has 1 fully saturated rings. The van der Waals surface area contributed by atoms with Crippen LogP contribution in [0.5, 0.6) is 0 Å². The molecule has 0 aromatic carbocycles. The van der Waals surface area contributed by atoms with Crippen molar-refractivity contribution in [3.63, 3.8) is 0 Å². The Morgan fingerprint density at radius 3 is 2.14 bits per heavy atom. The fraction of sp³-hybridized carbons (Fsp3) is 1.00. The molecule has 1 aliphatic rings. The highest BCUT2D eigenvalue weighted by molar-refractivity contribution is 4.82. The van der Waals surface area contributed by atoms with Gasteiger partial charge in [-0.3, -0.25) is 0 Å². The van der Waals surface area contributed by atoms with Gasteiger partial charge in [0.1, 0.15) is 0 Å². The van der Waals surface area contributed by atoms with E-state index in [1.165, 1.54) is 25.7 Å². The summed E-state index contributed by atoms with van der Waals surface area (Å²) >= 11 is 0. The number of rotatable bonds is 6. The number of aliphatic hydroxyl groups is 2. The fourth-order valence-corrected chi connectivity index (χ4v) is 2.80. The minimum Gasteiger partial charge on any atom is -0.396 e. The summed E-state index contributed by atoms with van der Waals surface area (Å²) in [5.74, 6) is 0.751. The SMILES string of the molecule is CCCC(CO)(CO)CC1CCCC1. The first kappa shape index (κ1) is 12.0. The van der Waals surface area contributed by atoms with Gasteiger partial charge in [0.15, 0.2) is 0 Å². The predicted molar refractivity (Wildman–Crippen MR) is 58.1 cm³/mol. The number of hydrogen-bond acceptors (Lipinski definition) is 2. The molecule has 0 aromatic rings. The monoisotopic (exact) mass is 200 g/mol. The predicted octanol–water partition coefficient (Wildman–Crippen LogP) is 2.34. The molecule has 0 aliphatic heterocycles. The van der Waals surface area contributed by atoms with Crippen molar-refractivity contribution in [2.45, 2.75) is 51.9 Å². The molecule has 0 radical (unpaired) electrons. The quantitative estimate of drug-likeness (QED) is 0.691. The topological polar surface area (TPSA) is 40.5 Å². The van der Waals surface area contributed by atoms with Crippen LogP contribution in [0.3, 0.4) is 0 Å². The average molecular weight is 200 g/mol. The van der Waals surface area contributed by atoms with Gasteiger partial charge in [-0.15, -0.1) is 0 Å². The third-order valence-corrected chi connectivity index (χ3v) is 3.65. The summed E-state index contributed by atoms with van der Waals surface area (Å²) < 4.78 is 0. The van der Waals surface area contributed by atoms with Crippen LogP contribution < -0.4 is 0 Å². The largest absolute Gasteiger partial charge is 0.396 e. The van der Waals surface area contributed by atoms with Gasteiger partial charge in [0.05, 0.1) is 13.2 Å². The van der Waals surface area contributed by atoms with Crippen LogP contribution in [0.2, 0.25) is 0 Å². The molecule has 2 N–H and O–H groups in total. The van der Waals surface area contributed by atoms with Crippen LogP contribution in [-0.2, 0) is 0 Å². The minimum atomic E-state index is -0.191. The molecular weight excluding hydrogens is 176 g/mol. The lowest BCUT2D eigenvalue weighted by Crippen LogP contribution is -2.31. The van der Waals surface area contributed by atoms with Crippen molar-refractivity contribution >= 4 is 0 Å². The molecule has 1 saturated carbocycles. The van der Waals surface area contributed by atoms with Gasteiger partial charge in [0.25, 0.3) is 0 Å². The molecule has 0 spiro atoms. The van der Waals surface area contributed by atoms with Crippen molar-refractivity contribution in [2.75, 3.05) is 13.2 Å². The van der Waals surface area contributed by atoms with E-state index >= 15 is 0 Å². The molecule has 0 saturated heterocycles. The van der Waals surface area contributed by atoms with E-state index in [1.807, 2.05) is 0 Å². The number of aliphatic hydroxyl groups excluding tert-OH is 2. The van der Waals surface area contributed by atoms with Crippen LogP contribution in [0.15, 0.2) is 0 Å². The standard InChI is InChI=1S/C12H24O2/c1-2-7-12(9-13,10-14)8-11-5-3-4-6-11/h11,13-14H,2-10H2,1H3. The molecule has 1 aliphatic carbocycles. The second-order valence-corrected chi connectivity index (χ2v) is 4.92. The zero-order valence-corrected chi connectivity index (χ0v) is 9.34. The molecule has 14 heavy (non-hydrogen) atoms. The first-order valence-electron chi connectivity index (χ1n) is 5.98. The Labute approximate surface area is 87.3 Å². The van der Waals surface area contributed by atoms with E-state index in [-0.39, 0.29) is 18.6 Å².